The number of thiophene rings is 1. The van der Waals surface area contributed by atoms with Crippen molar-refractivity contribution in [2.75, 3.05) is 39.5 Å². The fraction of sp³-hybridized carbons (Fsp3) is 0.750. The van der Waals surface area contributed by atoms with Gasteiger partial charge in [0.25, 0.3) is 0 Å². The second-order valence-corrected chi connectivity index (χ2v) is 7.30. The largest absolute Gasteiger partial charge is 0.379 e. The summed E-state index contributed by atoms with van der Waals surface area (Å²) < 4.78 is 11.7. The van der Waals surface area contributed by atoms with Crippen LogP contribution in [0.5, 0.6) is 0 Å². The summed E-state index contributed by atoms with van der Waals surface area (Å²) in [6.07, 6.45) is 2.89. The maximum Gasteiger partial charge on any atom is 0.0897 e. The van der Waals surface area contributed by atoms with E-state index in [1.165, 1.54) is 17.7 Å². The number of morpholine rings is 1. The normalized spacial score (nSPS) is 35.0. The van der Waals surface area contributed by atoms with Crippen LogP contribution in [-0.4, -0.2) is 67.4 Å². The van der Waals surface area contributed by atoms with Gasteiger partial charge < -0.3 is 9.47 Å². The van der Waals surface area contributed by atoms with E-state index in [-0.39, 0.29) is 0 Å². The van der Waals surface area contributed by atoms with Gasteiger partial charge in [-0.3, -0.25) is 9.80 Å². The van der Waals surface area contributed by atoms with Gasteiger partial charge in [-0.25, -0.2) is 0 Å². The van der Waals surface area contributed by atoms with Crippen LogP contribution in [0, 0.1) is 0 Å². The third kappa shape index (κ3) is 2.90. The van der Waals surface area contributed by atoms with Crippen molar-refractivity contribution in [2.24, 2.45) is 0 Å². The second kappa shape index (κ2) is 6.34. The highest BCUT2D eigenvalue weighted by atomic mass is 32.1. The van der Waals surface area contributed by atoms with Crippen LogP contribution in [0.3, 0.4) is 0 Å². The van der Waals surface area contributed by atoms with Gasteiger partial charge in [0.2, 0.25) is 0 Å². The lowest BCUT2D eigenvalue weighted by molar-refractivity contribution is -0.0593. The lowest BCUT2D eigenvalue weighted by atomic mass is 10.00. The zero-order valence-corrected chi connectivity index (χ0v) is 13.3. The van der Waals surface area contributed by atoms with Crippen LogP contribution in [0.15, 0.2) is 17.5 Å². The smallest absolute Gasteiger partial charge is 0.0897 e. The van der Waals surface area contributed by atoms with Crippen LogP contribution in [0.1, 0.15) is 17.7 Å². The van der Waals surface area contributed by atoms with Crippen molar-refractivity contribution in [3.63, 3.8) is 0 Å². The number of fused-ring (bicyclic) bond motifs is 1. The first-order valence-electron chi connectivity index (χ1n) is 8.11. The molecule has 1 aromatic heterocycles. The standard InChI is InChI=1S/C16H24N2O2S/c1-4-14-16(20-7-1)15(17-5-8-19-9-6-17)12-18(14)11-13-3-2-10-21-13/h2-3,10,14-16H,1,4-9,11-12H2/t14-,15-,16+/m0/s1. The van der Waals surface area contributed by atoms with Gasteiger partial charge in [0.15, 0.2) is 0 Å². The molecule has 3 saturated heterocycles. The summed E-state index contributed by atoms with van der Waals surface area (Å²) in [5.41, 5.74) is 0. The van der Waals surface area contributed by atoms with Gasteiger partial charge in [-0.2, -0.15) is 0 Å². The monoisotopic (exact) mass is 308 g/mol. The summed E-state index contributed by atoms with van der Waals surface area (Å²) in [4.78, 5) is 6.73. The maximum absolute atomic E-state index is 6.20. The summed E-state index contributed by atoms with van der Waals surface area (Å²) >= 11 is 1.87. The van der Waals surface area contributed by atoms with E-state index in [0.717, 1.165) is 46.0 Å². The van der Waals surface area contributed by atoms with Crippen LogP contribution in [0.4, 0.5) is 0 Å². The van der Waals surface area contributed by atoms with E-state index in [0.29, 0.717) is 18.2 Å². The van der Waals surface area contributed by atoms with Gasteiger partial charge >= 0.3 is 0 Å². The average molecular weight is 308 g/mol. The summed E-state index contributed by atoms with van der Waals surface area (Å²) in [6, 6.07) is 5.57. The van der Waals surface area contributed by atoms with Gasteiger partial charge in [-0.15, -0.1) is 11.3 Å². The topological polar surface area (TPSA) is 24.9 Å². The predicted octanol–water partition coefficient (Wildman–Crippen LogP) is 1.81. The molecule has 3 aliphatic rings. The van der Waals surface area contributed by atoms with Crippen LogP contribution in [-0.2, 0) is 16.0 Å². The Bertz CT molecular complexity index is 447. The van der Waals surface area contributed by atoms with Crippen molar-refractivity contribution in [1.29, 1.82) is 0 Å². The Labute approximate surface area is 130 Å². The molecule has 5 heteroatoms. The molecule has 4 rings (SSSR count). The van der Waals surface area contributed by atoms with Crippen LogP contribution < -0.4 is 0 Å². The van der Waals surface area contributed by atoms with E-state index in [2.05, 4.69) is 27.3 Å². The zero-order valence-electron chi connectivity index (χ0n) is 12.4. The Morgan fingerprint density at radius 3 is 2.90 bits per heavy atom. The van der Waals surface area contributed by atoms with Gasteiger partial charge in [0.05, 0.1) is 25.4 Å². The minimum absolute atomic E-state index is 0.400. The molecule has 0 amide bonds. The lowest BCUT2D eigenvalue weighted by Crippen LogP contribution is -2.51. The molecule has 21 heavy (non-hydrogen) atoms. The molecule has 4 heterocycles. The molecular formula is C16H24N2O2S. The highest BCUT2D eigenvalue weighted by molar-refractivity contribution is 7.09. The van der Waals surface area contributed by atoms with Crippen molar-refractivity contribution >= 4 is 11.3 Å². The molecule has 0 aromatic carbocycles. The summed E-state index contributed by atoms with van der Waals surface area (Å²) in [5.74, 6) is 0. The molecule has 3 fully saturated rings. The quantitative estimate of drug-likeness (QED) is 0.850. The number of nitrogens with zero attached hydrogens (tertiary/aromatic N) is 2. The average Bonchev–Trinajstić information content (AvgIpc) is 3.17. The molecular weight excluding hydrogens is 284 g/mol. The van der Waals surface area contributed by atoms with Crippen molar-refractivity contribution in [2.45, 2.75) is 37.6 Å². The molecule has 0 aliphatic carbocycles. The van der Waals surface area contributed by atoms with Gasteiger partial charge in [0, 0.05) is 43.7 Å². The Balaban J connectivity index is 1.49. The van der Waals surface area contributed by atoms with E-state index in [4.69, 9.17) is 9.47 Å². The number of likely N-dealkylation sites (tertiary alicyclic amines) is 1. The minimum Gasteiger partial charge on any atom is -0.379 e. The summed E-state index contributed by atoms with van der Waals surface area (Å²) in [5, 5.41) is 2.18. The van der Waals surface area contributed by atoms with Gasteiger partial charge in [-0.05, 0) is 24.3 Å². The van der Waals surface area contributed by atoms with E-state index >= 15 is 0 Å². The van der Waals surface area contributed by atoms with E-state index in [9.17, 15) is 0 Å². The Hall–Kier alpha value is -0.460. The van der Waals surface area contributed by atoms with E-state index in [1.54, 1.807) is 0 Å². The molecule has 3 aliphatic heterocycles. The Morgan fingerprint density at radius 1 is 1.19 bits per heavy atom. The molecule has 0 spiro atoms. The van der Waals surface area contributed by atoms with Crippen LogP contribution in [0.2, 0.25) is 0 Å². The van der Waals surface area contributed by atoms with Crippen molar-refractivity contribution in [3.8, 4) is 0 Å². The van der Waals surface area contributed by atoms with Crippen LogP contribution in [0.25, 0.3) is 0 Å². The van der Waals surface area contributed by atoms with Crippen molar-refractivity contribution in [3.05, 3.63) is 22.4 Å². The van der Waals surface area contributed by atoms with Crippen molar-refractivity contribution in [1.82, 2.24) is 9.80 Å². The van der Waals surface area contributed by atoms with Gasteiger partial charge in [0.1, 0.15) is 0 Å². The first-order valence-corrected chi connectivity index (χ1v) is 8.99. The zero-order chi connectivity index (χ0) is 14.1. The molecule has 1 aromatic rings. The van der Waals surface area contributed by atoms with Gasteiger partial charge in [-0.1, -0.05) is 6.07 Å². The third-order valence-corrected chi connectivity index (χ3v) is 5.92. The highest BCUT2D eigenvalue weighted by Gasteiger charge is 2.46. The SMILES string of the molecule is c1csc(CN2C[C@H](N3CCOCC3)[C@@H]3OCCC[C@@H]32)c1. The summed E-state index contributed by atoms with van der Waals surface area (Å²) in [7, 11) is 0. The van der Waals surface area contributed by atoms with Crippen molar-refractivity contribution < 1.29 is 9.47 Å². The number of rotatable bonds is 3. The number of ether oxygens (including phenoxy) is 2. The molecule has 116 valence electrons. The molecule has 4 nitrogen and oxygen atoms in total. The third-order valence-electron chi connectivity index (χ3n) is 5.06. The maximum atomic E-state index is 6.20. The first kappa shape index (κ1) is 14.2. The molecule has 0 bridgehead atoms. The van der Waals surface area contributed by atoms with E-state index in [1.807, 2.05) is 11.3 Å². The Morgan fingerprint density at radius 2 is 2.10 bits per heavy atom. The molecule has 0 saturated carbocycles. The Kier molecular flexibility index (Phi) is 4.27. The van der Waals surface area contributed by atoms with E-state index < -0.39 is 0 Å². The number of hydrogen-bond acceptors (Lipinski definition) is 5. The fourth-order valence-corrected chi connectivity index (χ4v) is 4.77. The first-order chi connectivity index (χ1) is 10.4. The molecule has 0 N–H and O–H groups in total. The summed E-state index contributed by atoms with van der Waals surface area (Å²) in [6.45, 7) is 7.04. The van der Waals surface area contributed by atoms with Crippen LogP contribution >= 0.6 is 11.3 Å². The molecule has 0 unspecified atom stereocenters. The fourth-order valence-electron chi connectivity index (χ4n) is 4.04. The molecule has 3 atom stereocenters. The molecule has 0 radical (unpaired) electrons. The highest BCUT2D eigenvalue weighted by Crippen LogP contribution is 2.33. The number of hydrogen-bond donors (Lipinski definition) is 0. The minimum atomic E-state index is 0.400. The predicted molar refractivity (Wildman–Crippen MR) is 83.7 cm³/mol. The second-order valence-electron chi connectivity index (χ2n) is 6.27. The lowest BCUT2D eigenvalue weighted by Gasteiger charge is -2.37.